The Balaban J connectivity index is 1.12. The van der Waals surface area contributed by atoms with Crippen LogP contribution in [-0.4, -0.2) is 9.55 Å². The summed E-state index contributed by atoms with van der Waals surface area (Å²) in [5, 5.41) is 2.58. The molecule has 0 saturated carbocycles. The Labute approximate surface area is 323 Å². The van der Waals surface area contributed by atoms with Crippen LogP contribution in [0.15, 0.2) is 189 Å². The van der Waals surface area contributed by atoms with Crippen LogP contribution in [0.1, 0.15) is 25.0 Å². The van der Waals surface area contributed by atoms with Gasteiger partial charge in [0.15, 0.2) is 0 Å². The zero-order chi connectivity index (χ0) is 36.0. The predicted octanol–water partition coefficient (Wildman–Crippen LogP) is 14.1. The summed E-state index contributed by atoms with van der Waals surface area (Å²) < 4.78 is 2.53. The van der Waals surface area contributed by atoms with Crippen molar-refractivity contribution in [2.24, 2.45) is 0 Å². The Morgan fingerprint density at radius 1 is 0.463 bits per heavy atom. The average Bonchev–Trinajstić information content (AvgIpc) is 3.68. The van der Waals surface area contributed by atoms with Crippen LogP contribution in [0.4, 0.5) is 0 Å². The minimum absolute atomic E-state index is 0.0971. The molecule has 4 heteroatoms. The number of pyridine rings is 1. The topological polar surface area (TPSA) is 17.8 Å². The van der Waals surface area contributed by atoms with Gasteiger partial charge in [-0.1, -0.05) is 153 Å². The molecule has 1 aliphatic carbocycles. The van der Waals surface area contributed by atoms with Gasteiger partial charge in [-0.2, -0.15) is 0 Å². The van der Waals surface area contributed by atoms with Gasteiger partial charge in [0.2, 0.25) is 0 Å². The van der Waals surface area contributed by atoms with Gasteiger partial charge in [-0.3, -0.25) is 0 Å². The third-order valence-corrected chi connectivity index (χ3v) is 13.8. The molecule has 0 saturated heterocycles. The summed E-state index contributed by atoms with van der Waals surface area (Å²) in [5.74, 6) is 0. The van der Waals surface area contributed by atoms with E-state index in [0.29, 0.717) is 0 Å². The van der Waals surface area contributed by atoms with Gasteiger partial charge in [-0.15, -0.1) is 0 Å². The van der Waals surface area contributed by atoms with Crippen LogP contribution in [0.25, 0.3) is 72.3 Å². The van der Waals surface area contributed by atoms with E-state index < -0.39 is 0 Å². The van der Waals surface area contributed by atoms with E-state index in [0.717, 1.165) is 33.8 Å². The molecule has 256 valence electrons. The zero-order valence-corrected chi connectivity index (χ0v) is 31.5. The van der Waals surface area contributed by atoms with Crippen LogP contribution >= 0.6 is 23.5 Å². The number of rotatable bonds is 4. The number of hydrogen-bond donors (Lipinski definition) is 0. The number of nitrogens with zero attached hydrogens (tertiary/aromatic N) is 2. The molecule has 0 amide bonds. The van der Waals surface area contributed by atoms with Crippen LogP contribution in [-0.2, 0) is 5.41 Å². The average molecular weight is 727 g/mol. The summed E-state index contributed by atoms with van der Waals surface area (Å²) in [5.41, 5.74) is 15.5. The highest BCUT2D eigenvalue weighted by Crippen LogP contribution is 2.55. The minimum atomic E-state index is -0.0971. The summed E-state index contributed by atoms with van der Waals surface area (Å²) in [6.07, 6.45) is 0. The van der Waals surface area contributed by atoms with Crippen molar-refractivity contribution in [1.82, 2.24) is 9.55 Å². The van der Waals surface area contributed by atoms with Gasteiger partial charge in [0, 0.05) is 47.7 Å². The quantitative estimate of drug-likeness (QED) is 0.180. The van der Waals surface area contributed by atoms with Crippen molar-refractivity contribution in [2.45, 2.75) is 38.8 Å². The van der Waals surface area contributed by atoms with E-state index in [1.807, 2.05) is 23.5 Å². The van der Waals surface area contributed by atoms with Gasteiger partial charge < -0.3 is 4.57 Å². The van der Waals surface area contributed by atoms with Crippen molar-refractivity contribution in [3.05, 3.63) is 181 Å². The third kappa shape index (κ3) is 4.87. The molecule has 0 fully saturated rings. The standard InChI is InChI=1S/C50H34N2S2/c1-50(2)40-18-10-9-17-36(40)38-29-39-37-25-26-47-49(54-46-20-12-11-19-45(46)53-47)48(37)52(44(39)30-41(38)50)35-23-21-33(22-24-35)43-28-34(31-13-5-3-6-14-31)27-42(51-43)32-15-7-4-8-16-32/h3-30H,1-2H3. The highest BCUT2D eigenvalue weighted by Gasteiger charge is 2.36. The van der Waals surface area contributed by atoms with E-state index in [2.05, 4.69) is 188 Å². The molecule has 7 aromatic carbocycles. The zero-order valence-electron chi connectivity index (χ0n) is 29.9. The molecule has 2 aromatic heterocycles. The molecular formula is C50H34N2S2. The lowest BCUT2D eigenvalue weighted by Gasteiger charge is -2.22. The maximum Gasteiger partial charge on any atom is 0.0715 e. The van der Waals surface area contributed by atoms with E-state index in [1.165, 1.54) is 69.2 Å². The molecule has 0 spiro atoms. The maximum atomic E-state index is 5.23. The molecule has 3 heterocycles. The van der Waals surface area contributed by atoms with Crippen LogP contribution in [0.3, 0.4) is 0 Å². The number of aromatic nitrogens is 2. The summed E-state index contributed by atoms with van der Waals surface area (Å²) in [4.78, 5) is 10.5. The molecule has 9 aromatic rings. The first-order valence-corrected chi connectivity index (χ1v) is 20.1. The molecule has 54 heavy (non-hydrogen) atoms. The molecule has 0 radical (unpaired) electrons. The molecular weight excluding hydrogens is 693 g/mol. The van der Waals surface area contributed by atoms with Gasteiger partial charge in [0.1, 0.15) is 0 Å². The monoisotopic (exact) mass is 726 g/mol. The van der Waals surface area contributed by atoms with Crippen molar-refractivity contribution >= 4 is 45.3 Å². The first kappa shape index (κ1) is 31.7. The Bertz CT molecular complexity index is 2880. The van der Waals surface area contributed by atoms with Crippen LogP contribution in [0.5, 0.6) is 0 Å². The number of benzene rings is 7. The Kier molecular flexibility index (Phi) is 7.11. The summed E-state index contributed by atoms with van der Waals surface area (Å²) in [6, 6.07) is 62.0. The number of hydrogen-bond acceptors (Lipinski definition) is 3. The van der Waals surface area contributed by atoms with Gasteiger partial charge >= 0.3 is 0 Å². The molecule has 0 N–H and O–H groups in total. The first-order chi connectivity index (χ1) is 26.5. The lowest BCUT2D eigenvalue weighted by Crippen LogP contribution is -2.15. The highest BCUT2D eigenvalue weighted by atomic mass is 32.2. The van der Waals surface area contributed by atoms with Crippen molar-refractivity contribution in [1.29, 1.82) is 0 Å². The largest absolute Gasteiger partial charge is 0.308 e. The van der Waals surface area contributed by atoms with Gasteiger partial charge in [0.05, 0.1) is 27.3 Å². The van der Waals surface area contributed by atoms with Crippen molar-refractivity contribution in [3.8, 4) is 50.5 Å². The summed E-state index contributed by atoms with van der Waals surface area (Å²) >= 11 is 3.78. The molecule has 2 nitrogen and oxygen atoms in total. The second kappa shape index (κ2) is 12.1. The maximum absolute atomic E-state index is 5.23. The molecule has 0 bridgehead atoms. The van der Waals surface area contributed by atoms with Crippen molar-refractivity contribution < 1.29 is 0 Å². The van der Waals surface area contributed by atoms with Gasteiger partial charge in [0.25, 0.3) is 0 Å². The van der Waals surface area contributed by atoms with Crippen molar-refractivity contribution in [3.63, 3.8) is 0 Å². The van der Waals surface area contributed by atoms with E-state index in [1.54, 1.807) is 0 Å². The molecule has 0 atom stereocenters. The fourth-order valence-electron chi connectivity index (χ4n) is 8.56. The summed E-state index contributed by atoms with van der Waals surface area (Å²) in [6.45, 7) is 4.74. The second-order valence-corrected chi connectivity index (χ2v) is 16.9. The van der Waals surface area contributed by atoms with E-state index in [-0.39, 0.29) is 5.41 Å². The highest BCUT2D eigenvalue weighted by molar-refractivity contribution is 8.05. The van der Waals surface area contributed by atoms with Crippen molar-refractivity contribution in [2.75, 3.05) is 0 Å². The lowest BCUT2D eigenvalue weighted by atomic mass is 9.82. The van der Waals surface area contributed by atoms with Gasteiger partial charge in [-0.05, 0) is 88.0 Å². The van der Waals surface area contributed by atoms with Crippen LogP contribution in [0.2, 0.25) is 0 Å². The first-order valence-electron chi connectivity index (χ1n) is 18.5. The predicted molar refractivity (Wildman–Crippen MR) is 227 cm³/mol. The van der Waals surface area contributed by atoms with Gasteiger partial charge in [-0.25, -0.2) is 4.98 Å². The molecule has 0 unspecified atom stereocenters. The molecule has 11 rings (SSSR count). The Morgan fingerprint density at radius 3 is 1.83 bits per heavy atom. The van der Waals surface area contributed by atoms with E-state index >= 15 is 0 Å². The summed E-state index contributed by atoms with van der Waals surface area (Å²) in [7, 11) is 0. The molecule has 2 aliphatic rings. The second-order valence-electron chi connectivity index (χ2n) is 14.8. The Morgan fingerprint density at radius 2 is 1.09 bits per heavy atom. The fraction of sp³-hybridized carbons (Fsp3) is 0.0600. The lowest BCUT2D eigenvalue weighted by molar-refractivity contribution is 0.661. The minimum Gasteiger partial charge on any atom is -0.308 e. The normalized spacial score (nSPS) is 13.7. The van der Waals surface area contributed by atoms with E-state index in [4.69, 9.17) is 4.98 Å². The molecule has 1 aliphatic heterocycles. The number of fused-ring (bicyclic) bond motifs is 9. The fourth-order valence-corrected chi connectivity index (χ4v) is 10.9. The SMILES string of the molecule is CC1(C)c2ccccc2-c2cc3c4ccc5c(c4n(-c4ccc(-c6cc(-c7ccccc7)cc(-c7ccccc7)n6)cc4)c3cc21)Sc1ccccc1S5. The van der Waals surface area contributed by atoms with E-state index in [9.17, 15) is 0 Å². The van der Waals surface area contributed by atoms with Crippen LogP contribution < -0.4 is 0 Å². The smallest absolute Gasteiger partial charge is 0.0715 e. The Hall–Kier alpha value is -5.81. The third-order valence-electron chi connectivity index (χ3n) is 11.3. The van der Waals surface area contributed by atoms with Crippen LogP contribution in [0, 0.1) is 0 Å².